The molecule has 0 aliphatic carbocycles. The maximum Gasteiger partial charge on any atom is 0.340 e. The highest BCUT2D eigenvalue weighted by Crippen LogP contribution is 2.44. The molecule has 4 aromatic carbocycles. The summed E-state index contributed by atoms with van der Waals surface area (Å²) in [7, 11) is 1.79. The van der Waals surface area contributed by atoms with Gasteiger partial charge in [0, 0.05) is 37.0 Å². The van der Waals surface area contributed by atoms with Gasteiger partial charge in [-0.1, -0.05) is 91.0 Å². The van der Waals surface area contributed by atoms with Crippen LogP contribution in [0.1, 0.15) is 29.7 Å². The summed E-state index contributed by atoms with van der Waals surface area (Å²) in [5.41, 5.74) is 13.9. The van der Waals surface area contributed by atoms with Gasteiger partial charge in [0.05, 0.1) is 23.0 Å². The molecule has 0 radical (unpaired) electrons. The molecule has 7 heteroatoms. The van der Waals surface area contributed by atoms with Crippen LogP contribution < -0.4 is 20.9 Å². The quantitative estimate of drug-likeness (QED) is 0.285. The third-order valence-corrected chi connectivity index (χ3v) is 8.21. The van der Waals surface area contributed by atoms with Crippen molar-refractivity contribution >= 4 is 17.4 Å². The first-order chi connectivity index (χ1) is 20.0. The van der Waals surface area contributed by atoms with Gasteiger partial charge in [0.2, 0.25) is 0 Å². The first kappa shape index (κ1) is 25.2. The summed E-state index contributed by atoms with van der Waals surface area (Å²) in [6.45, 7) is 4.40. The normalized spacial score (nSPS) is 17.5. The molecule has 2 amide bonds. The molecule has 4 aromatic rings. The van der Waals surface area contributed by atoms with Crippen molar-refractivity contribution < 1.29 is 9.53 Å². The van der Waals surface area contributed by atoms with E-state index in [2.05, 4.69) is 125 Å². The summed E-state index contributed by atoms with van der Waals surface area (Å²) < 4.78 is 6.18. The molecule has 0 aromatic heterocycles. The van der Waals surface area contributed by atoms with Crippen molar-refractivity contribution in [3.05, 3.63) is 126 Å². The Labute approximate surface area is 240 Å². The number of hydrogen-bond donors (Lipinski definition) is 3. The van der Waals surface area contributed by atoms with E-state index in [9.17, 15) is 4.79 Å². The maximum atomic E-state index is 12.5. The molecule has 1 fully saturated rings. The Balaban J connectivity index is 1.24. The Morgan fingerprint density at radius 2 is 1.44 bits per heavy atom. The molecule has 3 heterocycles. The van der Waals surface area contributed by atoms with Crippen molar-refractivity contribution in [2.45, 2.75) is 18.5 Å². The van der Waals surface area contributed by atoms with E-state index in [1.54, 1.807) is 11.9 Å². The van der Waals surface area contributed by atoms with Crippen molar-refractivity contribution in [3.8, 4) is 16.9 Å². The van der Waals surface area contributed by atoms with Crippen LogP contribution in [-0.2, 0) is 0 Å². The van der Waals surface area contributed by atoms with Crippen molar-refractivity contribution in [2.24, 2.45) is 0 Å². The van der Waals surface area contributed by atoms with Crippen LogP contribution in [0.2, 0.25) is 0 Å². The summed E-state index contributed by atoms with van der Waals surface area (Å²) in [6, 6.07) is 36.1. The van der Waals surface area contributed by atoms with E-state index in [1.807, 2.05) is 6.07 Å². The van der Waals surface area contributed by atoms with Crippen LogP contribution in [0.3, 0.4) is 0 Å². The van der Waals surface area contributed by atoms with Gasteiger partial charge in [-0.05, 0) is 35.7 Å². The summed E-state index contributed by atoms with van der Waals surface area (Å²) >= 11 is 0. The summed E-state index contributed by atoms with van der Waals surface area (Å²) in [5.74, 6) is 0.769. The van der Waals surface area contributed by atoms with Crippen LogP contribution in [0.4, 0.5) is 10.5 Å². The number of fused-ring (bicyclic) bond motifs is 2. The van der Waals surface area contributed by atoms with Gasteiger partial charge in [-0.15, -0.1) is 0 Å². The van der Waals surface area contributed by atoms with Crippen LogP contribution in [0.5, 0.6) is 5.75 Å². The number of ether oxygens (including phenoxy) is 1. The van der Waals surface area contributed by atoms with E-state index in [-0.39, 0.29) is 17.6 Å². The molecule has 41 heavy (non-hydrogen) atoms. The lowest BCUT2D eigenvalue weighted by molar-refractivity contribution is 0.0673. The van der Waals surface area contributed by atoms with Gasteiger partial charge < -0.3 is 10.1 Å². The number of likely N-dealkylation sites (tertiary alicyclic amines) is 1. The number of urea groups is 1. The smallest absolute Gasteiger partial charge is 0.340 e. The lowest BCUT2D eigenvalue weighted by atomic mass is 9.85. The van der Waals surface area contributed by atoms with Crippen LogP contribution in [0.15, 0.2) is 109 Å². The molecule has 7 nitrogen and oxygen atoms in total. The zero-order valence-corrected chi connectivity index (χ0v) is 23.2. The fraction of sp³-hybridized carbons (Fsp3) is 0.206. The minimum atomic E-state index is -0.201. The summed E-state index contributed by atoms with van der Waals surface area (Å²) in [5, 5.41) is 3.92. The SMILES string of the molecule is CN1C(=O)NNC2=C1c1cc(NC3(C)CN(C(c4ccccc4)c4ccccc4)C3)c(-c3ccccc3)cc1OC2. The zero-order chi connectivity index (χ0) is 28.0. The van der Waals surface area contributed by atoms with E-state index in [4.69, 9.17) is 4.74 Å². The standard InChI is InChI=1S/C34H33N5O2/c1-34(21-39(22-34)31(24-14-8-4-9-15-24)25-16-10-5-11-17-25)35-28-18-27-30(19-26(28)23-12-6-3-7-13-23)41-20-29-32(27)38(2)33(40)37-36-29/h3-19,31,35-36H,20-22H2,1-2H3,(H,37,40). The fourth-order valence-electron chi connectivity index (χ4n) is 6.34. The Hall–Kier alpha value is -4.75. The van der Waals surface area contributed by atoms with Crippen molar-refractivity contribution in [3.63, 3.8) is 0 Å². The number of hydrazine groups is 1. The molecule has 7 rings (SSSR count). The average Bonchev–Trinajstić information content (AvgIpc) is 2.99. The molecule has 3 N–H and O–H groups in total. The minimum absolute atomic E-state index is 0.152. The predicted molar refractivity (Wildman–Crippen MR) is 162 cm³/mol. The number of benzene rings is 4. The molecule has 0 unspecified atom stereocenters. The Bertz CT molecular complexity index is 1580. The third-order valence-electron chi connectivity index (χ3n) is 8.21. The monoisotopic (exact) mass is 543 g/mol. The van der Waals surface area contributed by atoms with Gasteiger partial charge in [-0.2, -0.15) is 0 Å². The lowest BCUT2D eigenvalue weighted by Gasteiger charge is -2.52. The van der Waals surface area contributed by atoms with Crippen LogP contribution in [0.25, 0.3) is 16.8 Å². The van der Waals surface area contributed by atoms with Gasteiger partial charge in [0.25, 0.3) is 0 Å². The Kier molecular flexibility index (Phi) is 6.16. The van der Waals surface area contributed by atoms with Crippen LogP contribution in [0, 0.1) is 0 Å². The van der Waals surface area contributed by atoms with E-state index in [0.29, 0.717) is 6.61 Å². The molecular formula is C34H33N5O2. The number of carbonyl (C=O) groups is 1. The Morgan fingerprint density at radius 1 is 0.829 bits per heavy atom. The fourth-order valence-corrected chi connectivity index (χ4v) is 6.34. The van der Waals surface area contributed by atoms with Crippen molar-refractivity contribution in [2.75, 3.05) is 32.1 Å². The van der Waals surface area contributed by atoms with Gasteiger partial charge in [-0.3, -0.25) is 20.7 Å². The number of rotatable bonds is 6. The van der Waals surface area contributed by atoms with Gasteiger partial charge in [0.15, 0.2) is 0 Å². The number of amides is 2. The van der Waals surface area contributed by atoms with Crippen LogP contribution in [-0.4, -0.2) is 48.1 Å². The van der Waals surface area contributed by atoms with Crippen molar-refractivity contribution in [1.82, 2.24) is 20.7 Å². The number of nitrogens with one attached hydrogen (secondary N) is 3. The van der Waals surface area contributed by atoms with E-state index >= 15 is 0 Å². The second-order valence-corrected chi connectivity index (χ2v) is 11.3. The molecule has 3 aliphatic heterocycles. The van der Waals surface area contributed by atoms with E-state index in [0.717, 1.165) is 52.6 Å². The van der Waals surface area contributed by atoms with Crippen LogP contribution >= 0.6 is 0 Å². The van der Waals surface area contributed by atoms with Gasteiger partial charge in [0.1, 0.15) is 12.4 Å². The van der Waals surface area contributed by atoms with Crippen molar-refractivity contribution in [1.29, 1.82) is 0 Å². The third kappa shape index (κ3) is 4.58. The maximum absolute atomic E-state index is 12.5. The first-order valence-electron chi connectivity index (χ1n) is 14.0. The highest BCUT2D eigenvalue weighted by Gasteiger charge is 2.43. The zero-order valence-electron chi connectivity index (χ0n) is 23.2. The largest absolute Gasteiger partial charge is 0.487 e. The number of anilines is 1. The molecule has 1 saturated heterocycles. The molecule has 0 spiro atoms. The Morgan fingerprint density at radius 3 is 2.07 bits per heavy atom. The highest BCUT2D eigenvalue weighted by atomic mass is 16.5. The molecule has 0 atom stereocenters. The summed E-state index contributed by atoms with van der Waals surface area (Å²) in [4.78, 5) is 16.7. The molecule has 0 bridgehead atoms. The second kappa shape index (κ2) is 10.0. The molecular weight excluding hydrogens is 510 g/mol. The van der Waals surface area contributed by atoms with Gasteiger partial charge in [-0.25, -0.2) is 4.79 Å². The average molecular weight is 544 g/mol. The minimum Gasteiger partial charge on any atom is -0.487 e. The number of carbonyl (C=O) groups excluding carboxylic acids is 1. The van der Waals surface area contributed by atoms with E-state index < -0.39 is 0 Å². The second-order valence-electron chi connectivity index (χ2n) is 11.3. The van der Waals surface area contributed by atoms with E-state index in [1.165, 1.54) is 11.1 Å². The molecule has 206 valence electrons. The molecule has 0 saturated carbocycles. The summed E-state index contributed by atoms with van der Waals surface area (Å²) in [6.07, 6.45) is 0. The number of hydrogen-bond acceptors (Lipinski definition) is 5. The lowest BCUT2D eigenvalue weighted by Crippen LogP contribution is -2.64. The van der Waals surface area contributed by atoms with Gasteiger partial charge >= 0.3 is 6.03 Å². The first-order valence-corrected chi connectivity index (χ1v) is 14.0. The topological polar surface area (TPSA) is 68.9 Å². The molecule has 3 aliphatic rings. The number of nitrogens with zero attached hydrogens (tertiary/aromatic N) is 2. The predicted octanol–water partition coefficient (Wildman–Crippen LogP) is 5.85. The highest BCUT2D eigenvalue weighted by molar-refractivity contribution is 5.93.